The molecule has 0 spiro atoms. The van der Waals surface area contributed by atoms with E-state index in [1.165, 1.54) is 30.9 Å². The molecule has 0 amide bonds. The van der Waals surface area contributed by atoms with E-state index in [-0.39, 0.29) is 35.5 Å². The predicted octanol–water partition coefficient (Wildman–Crippen LogP) is 3.87. The molecule has 27 heavy (non-hydrogen) atoms. The van der Waals surface area contributed by atoms with Crippen LogP contribution in [0.2, 0.25) is 0 Å². The van der Waals surface area contributed by atoms with Crippen molar-refractivity contribution >= 4 is 39.8 Å². The first-order valence-electron chi connectivity index (χ1n) is 8.90. The molecule has 0 heterocycles. The number of nitrogens with zero attached hydrogens (tertiary/aromatic N) is 1. The van der Waals surface area contributed by atoms with Crippen LogP contribution in [0.15, 0.2) is 23.2 Å². The first kappa shape index (κ1) is 26.1. The summed E-state index contributed by atoms with van der Waals surface area (Å²) >= 11 is 0. The minimum absolute atomic E-state index is 0. The standard InChI is InChI=1S/C19H32FN3O2S.HI/c1-19(2,3)10-6-7-11-22-18(21-4)23-13-16-12-17(20)9-8-15(16)14-26(5,24)25;/h8-9,12H,6-7,10-11,13-14H2,1-5H3,(H2,21,22,23);1H. The molecular weight excluding hydrogens is 480 g/mol. The van der Waals surface area contributed by atoms with E-state index in [1.807, 2.05) is 0 Å². The number of halogens is 2. The number of rotatable bonds is 8. The quantitative estimate of drug-likeness (QED) is 0.240. The molecule has 2 N–H and O–H groups in total. The van der Waals surface area contributed by atoms with Crippen molar-refractivity contribution in [1.82, 2.24) is 10.6 Å². The summed E-state index contributed by atoms with van der Waals surface area (Å²) in [7, 11) is -1.51. The Morgan fingerprint density at radius 3 is 2.37 bits per heavy atom. The third-order valence-corrected chi connectivity index (χ3v) is 4.74. The molecule has 1 aromatic carbocycles. The third kappa shape index (κ3) is 12.2. The van der Waals surface area contributed by atoms with Crippen LogP contribution >= 0.6 is 24.0 Å². The predicted molar refractivity (Wildman–Crippen MR) is 122 cm³/mol. The van der Waals surface area contributed by atoms with Crippen molar-refractivity contribution in [2.45, 2.75) is 52.3 Å². The first-order valence-corrected chi connectivity index (χ1v) is 11.0. The minimum atomic E-state index is -3.19. The molecule has 5 nitrogen and oxygen atoms in total. The molecule has 0 aliphatic carbocycles. The van der Waals surface area contributed by atoms with Gasteiger partial charge in [-0.2, -0.15) is 0 Å². The van der Waals surface area contributed by atoms with Gasteiger partial charge < -0.3 is 10.6 Å². The molecule has 1 aromatic rings. The monoisotopic (exact) mass is 513 g/mol. The topological polar surface area (TPSA) is 70.6 Å². The van der Waals surface area contributed by atoms with Crippen LogP contribution in [0.4, 0.5) is 4.39 Å². The van der Waals surface area contributed by atoms with E-state index in [0.29, 0.717) is 29.0 Å². The maximum atomic E-state index is 13.5. The molecule has 0 aliphatic heterocycles. The van der Waals surface area contributed by atoms with Gasteiger partial charge >= 0.3 is 0 Å². The van der Waals surface area contributed by atoms with Crippen LogP contribution in [0.1, 0.15) is 51.2 Å². The molecular formula is C19H33FIN3O2S. The van der Waals surface area contributed by atoms with Gasteiger partial charge in [-0.25, -0.2) is 12.8 Å². The van der Waals surface area contributed by atoms with E-state index in [2.05, 4.69) is 36.4 Å². The molecule has 0 aromatic heterocycles. The van der Waals surface area contributed by atoms with Gasteiger partial charge in [0, 0.05) is 26.4 Å². The molecule has 1 rings (SSSR count). The fourth-order valence-corrected chi connectivity index (χ4v) is 3.42. The Kier molecular flexibility index (Phi) is 11.4. The lowest BCUT2D eigenvalue weighted by Gasteiger charge is -2.18. The molecule has 0 saturated carbocycles. The van der Waals surface area contributed by atoms with Crippen LogP contribution < -0.4 is 10.6 Å². The van der Waals surface area contributed by atoms with E-state index in [0.717, 1.165) is 19.4 Å². The molecule has 0 aliphatic rings. The Labute approximate surface area is 180 Å². The molecule has 0 fully saturated rings. The number of benzene rings is 1. The van der Waals surface area contributed by atoms with Crippen LogP contribution in [-0.4, -0.2) is 34.2 Å². The van der Waals surface area contributed by atoms with E-state index in [4.69, 9.17) is 0 Å². The largest absolute Gasteiger partial charge is 0.356 e. The van der Waals surface area contributed by atoms with Gasteiger partial charge in [-0.05, 0) is 41.5 Å². The molecule has 156 valence electrons. The van der Waals surface area contributed by atoms with Crippen molar-refractivity contribution in [2.75, 3.05) is 19.8 Å². The summed E-state index contributed by atoms with van der Waals surface area (Å²) in [5.74, 6) is 0.128. The van der Waals surface area contributed by atoms with Crippen LogP contribution in [0, 0.1) is 11.2 Å². The van der Waals surface area contributed by atoms with Crippen molar-refractivity contribution < 1.29 is 12.8 Å². The van der Waals surface area contributed by atoms with Gasteiger partial charge in [-0.1, -0.05) is 33.3 Å². The minimum Gasteiger partial charge on any atom is -0.356 e. The summed E-state index contributed by atoms with van der Waals surface area (Å²) in [6.45, 7) is 7.80. The van der Waals surface area contributed by atoms with E-state index >= 15 is 0 Å². The molecule has 0 radical (unpaired) electrons. The second-order valence-electron chi connectivity index (χ2n) is 7.85. The Morgan fingerprint density at radius 1 is 1.15 bits per heavy atom. The number of unbranched alkanes of at least 4 members (excludes halogenated alkanes) is 1. The van der Waals surface area contributed by atoms with Crippen molar-refractivity contribution in [3.63, 3.8) is 0 Å². The third-order valence-electron chi connectivity index (χ3n) is 3.90. The maximum absolute atomic E-state index is 13.5. The van der Waals surface area contributed by atoms with Gasteiger partial charge in [-0.15, -0.1) is 24.0 Å². The average Bonchev–Trinajstić information content (AvgIpc) is 2.50. The van der Waals surface area contributed by atoms with Gasteiger partial charge in [0.05, 0.1) is 5.75 Å². The number of aliphatic imine (C=N–C) groups is 1. The summed E-state index contributed by atoms with van der Waals surface area (Å²) < 4.78 is 36.7. The molecule has 0 saturated heterocycles. The molecule has 0 unspecified atom stereocenters. The highest BCUT2D eigenvalue weighted by molar-refractivity contribution is 14.0. The van der Waals surface area contributed by atoms with E-state index in [9.17, 15) is 12.8 Å². The van der Waals surface area contributed by atoms with E-state index < -0.39 is 9.84 Å². The van der Waals surface area contributed by atoms with Crippen LogP contribution in [0.25, 0.3) is 0 Å². The lowest BCUT2D eigenvalue weighted by atomic mass is 9.90. The Morgan fingerprint density at radius 2 is 1.81 bits per heavy atom. The summed E-state index contributed by atoms with van der Waals surface area (Å²) in [6.07, 6.45) is 4.51. The van der Waals surface area contributed by atoms with Gasteiger partial charge in [-0.3, -0.25) is 4.99 Å². The second-order valence-corrected chi connectivity index (χ2v) is 9.99. The fourth-order valence-electron chi connectivity index (χ4n) is 2.57. The van der Waals surface area contributed by atoms with Crippen LogP contribution in [0.5, 0.6) is 0 Å². The van der Waals surface area contributed by atoms with Gasteiger partial charge in [0.2, 0.25) is 0 Å². The van der Waals surface area contributed by atoms with E-state index in [1.54, 1.807) is 7.05 Å². The van der Waals surface area contributed by atoms with Crippen molar-refractivity contribution in [3.05, 3.63) is 35.1 Å². The summed E-state index contributed by atoms with van der Waals surface area (Å²) in [5, 5.41) is 6.36. The number of hydrogen-bond donors (Lipinski definition) is 2. The van der Waals surface area contributed by atoms with Crippen LogP contribution in [-0.2, 0) is 22.1 Å². The molecule has 0 atom stereocenters. The number of hydrogen-bond acceptors (Lipinski definition) is 3. The SMILES string of the molecule is CN=C(NCCCCC(C)(C)C)NCc1cc(F)ccc1CS(C)(=O)=O.I. The number of nitrogens with one attached hydrogen (secondary N) is 2. The average molecular weight is 513 g/mol. The highest BCUT2D eigenvalue weighted by atomic mass is 127. The van der Waals surface area contributed by atoms with Crippen LogP contribution in [0.3, 0.4) is 0 Å². The Balaban J connectivity index is 0.00000676. The highest BCUT2D eigenvalue weighted by Crippen LogP contribution is 2.21. The summed E-state index contributed by atoms with van der Waals surface area (Å²) in [6, 6.07) is 4.17. The second kappa shape index (κ2) is 11.8. The first-order chi connectivity index (χ1) is 12.0. The number of guanidine groups is 1. The van der Waals surface area contributed by atoms with Gasteiger partial charge in [0.1, 0.15) is 5.82 Å². The normalized spacial score (nSPS) is 12.4. The van der Waals surface area contributed by atoms with Crippen molar-refractivity contribution in [2.24, 2.45) is 10.4 Å². The zero-order valence-corrected chi connectivity index (χ0v) is 20.1. The van der Waals surface area contributed by atoms with Crippen molar-refractivity contribution in [3.8, 4) is 0 Å². The smallest absolute Gasteiger partial charge is 0.191 e. The molecule has 0 bridgehead atoms. The summed E-state index contributed by atoms with van der Waals surface area (Å²) in [4.78, 5) is 4.16. The highest BCUT2D eigenvalue weighted by Gasteiger charge is 2.11. The fraction of sp³-hybridized carbons (Fsp3) is 0.632. The van der Waals surface area contributed by atoms with Crippen molar-refractivity contribution in [1.29, 1.82) is 0 Å². The maximum Gasteiger partial charge on any atom is 0.191 e. The van der Waals surface area contributed by atoms with Gasteiger partial charge in [0.25, 0.3) is 0 Å². The summed E-state index contributed by atoms with van der Waals surface area (Å²) in [5.41, 5.74) is 1.56. The van der Waals surface area contributed by atoms with Gasteiger partial charge in [0.15, 0.2) is 15.8 Å². The zero-order valence-electron chi connectivity index (χ0n) is 16.9. The Bertz CT molecular complexity index is 716. The molecule has 8 heteroatoms. The number of sulfone groups is 1. The Hall–Kier alpha value is -0.900. The zero-order chi connectivity index (χ0) is 19.8. The lowest BCUT2D eigenvalue weighted by molar-refractivity contribution is 0.360. The lowest BCUT2D eigenvalue weighted by Crippen LogP contribution is -2.37.